The lowest BCUT2D eigenvalue weighted by atomic mass is 9.94. The Morgan fingerprint density at radius 2 is 1.67 bits per heavy atom. The van der Waals surface area contributed by atoms with Crippen LogP contribution in [0.1, 0.15) is 34.6 Å². The number of amides is 2. The number of carbonyl (C=O) groups excluding carboxylic acids is 2. The fourth-order valence-electron chi connectivity index (χ4n) is 5.51. The van der Waals surface area contributed by atoms with Crippen LogP contribution in [0.5, 0.6) is 0 Å². The number of fused-ring (bicyclic) bond motifs is 1. The third-order valence-corrected chi connectivity index (χ3v) is 8.49. The highest BCUT2D eigenvalue weighted by atomic mass is 35.5. The van der Waals surface area contributed by atoms with E-state index in [1.54, 1.807) is 35.0 Å². The molecule has 43 heavy (non-hydrogen) atoms. The molecule has 11 heteroatoms. The Kier molecular flexibility index (Phi) is 8.10. The standard InChI is InChI=1S/C32H29Cl2FN6O2/c1-20-29(32(43)40-15-13-39(14-16-40)24-10-8-23(35)9-11-24)30(22-7-12-25(33)26(34)17-22)41-28(37-20)18-27(38-41)31(42)36-19-21-5-3-2-4-6-21/h2-12,17-18,30,37H,13-16,19H2,1H3,(H,36,42). The fraction of sp³-hybridized carbons (Fsp3) is 0.219. The maximum Gasteiger partial charge on any atom is 0.272 e. The minimum absolute atomic E-state index is 0.143. The lowest BCUT2D eigenvalue weighted by Crippen LogP contribution is -2.50. The predicted molar refractivity (Wildman–Crippen MR) is 166 cm³/mol. The molecule has 8 nitrogen and oxygen atoms in total. The highest BCUT2D eigenvalue weighted by molar-refractivity contribution is 6.42. The molecule has 0 saturated carbocycles. The van der Waals surface area contributed by atoms with Crippen molar-refractivity contribution in [3.63, 3.8) is 0 Å². The lowest BCUT2D eigenvalue weighted by molar-refractivity contribution is -0.128. The van der Waals surface area contributed by atoms with Gasteiger partial charge in [-0.1, -0.05) is 59.6 Å². The van der Waals surface area contributed by atoms with E-state index in [2.05, 4.69) is 20.6 Å². The van der Waals surface area contributed by atoms with Gasteiger partial charge in [0.2, 0.25) is 0 Å². The molecule has 4 aromatic rings. The molecule has 1 fully saturated rings. The highest BCUT2D eigenvalue weighted by Gasteiger charge is 2.37. The van der Waals surface area contributed by atoms with Crippen LogP contribution in [0.25, 0.3) is 0 Å². The van der Waals surface area contributed by atoms with Gasteiger partial charge in [-0.05, 0) is 54.4 Å². The molecule has 3 aromatic carbocycles. The second-order valence-electron chi connectivity index (χ2n) is 10.5. The van der Waals surface area contributed by atoms with Crippen LogP contribution in [0.2, 0.25) is 10.0 Å². The van der Waals surface area contributed by atoms with Crippen LogP contribution >= 0.6 is 23.2 Å². The maximum absolute atomic E-state index is 14.2. The van der Waals surface area contributed by atoms with Gasteiger partial charge in [-0.3, -0.25) is 9.59 Å². The van der Waals surface area contributed by atoms with Crippen molar-refractivity contribution in [3.05, 3.63) is 123 Å². The van der Waals surface area contributed by atoms with Crippen molar-refractivity contribution in [1.82, 2.24) is 20.0 Å². The van der Waals surface area contributed by atoms with E-state index in [1.165, 1.54) is 12.1 Å². The second kappa shape index (κ2) is 12.1. The topological polar surface area (TPSA) is 82.5 Å². The Hall–Kier alpha value is -4.34. The van der Waals surface area contributed by atoms with Gasteiger partial charge in [-0.15, -0.1) is 0 Å². The van der Waals surface area contributed by atoms with Gasteiger partial charge in [0, 0.05) is 50.2 Å². The van der Waals surface area contributed by atoms with Crippen LogP contribution < -0.4 is 15.5 Å². The Labute approximate surface area is 258 Å². The quantitative estimate of drug-likeness (QED) is 0.281. The molecule has 2 aliphatic rings. The van der Waals surface area contributed by atoms with Gasteiger partial charge < -0.3 is 20.4 Å². The first-order chi connectivity index (χ1) is 20.8. The Morgan fingerprint density at radius 1 is 0.953 bits per heavy atom. The Morgan fingerprint density at radius 3 is 2.37 bits per heavy atom. The van der Waals surface area contributed by atoms with Crippen LogP contribution in [0, 0.1) is 5.82 Å². The lowest BCUT2D eigenvalue weighted by Gasteiger charge is -2.38. The number of anilines is 2. The molecule has 2 amide bonds. The normalized spacial score (nSPS) is 16.5. The number of allylic oxidation sites excluding steroid dienone is 1. The minimum Gasteiger partial charge on any atom is -0.368 e. The molecular weight excluding hydrogens is 590 g/mol. The van der Waals surface area contributed by atoms with E-state index in [-0.39, 0.29) is 23.3 Å². The average molecular weight is 620 g/mol. The summed E-state index contributed by atoms with van der Waals surface area (Å²) in [5, 5.41) is 11.6. The average Bonchev–Trinajstić information content (AvgIpc) is 3.45. The number of carbonyl (C=O) groups is 2. The van der Waals surface area contributed by atoms with Crippen LogP contribution in [-0.2, 0) is 11.3 Å². The third-order valence-electron chi connectivity index (χ3n) is 7.75. The molecule has 2 N–H and O–H groups in total. The Bertz CT molecular complexity index is 1700. The number of hydrogen-bond donors (Lipinski definition) is 2. The molecule has 0 radical (unpaired) electrons. The molecule has 1 atom stereocenters. The summed E-state index contributed by atoms with van der Waals surface area (Å²) in [7, 11) is 0. The maximum atomic E-state index is 14.2. The molecule has 220 valence electrons. The Balaban J connectivity index is 1.28. The molecule has 1 aromatic heterocycles. The number of halogens is 3. The molecule has 0 spiro atoms. The van der Waals surface area contributed by atoms with Crippen molar-refractivity contribution in [3.8, 4) is 0 Å². The molecular formula is C32H29Cl2FN6O2. The van der Waals surface area contributed by atoms with Crippen molar-refractivity contribution >= 4 is 46.5 Å². The smallest absolute Gasteiger partial charge is 0.272 e. The fourth-order valence-corrected chi connectivity index (χ4v) is 5.82. The number of aromatic nitrogens is 2. The van der Waals surface area contributed by atoms with Crippen molar-refractivity contribution in [2.45, 2.75) is 19.5 Å². The predicted octanol–water partition coefficient (Wildman–Crippen LogP) is 5.90. The summed E-state index contributed by atoms with van der Waals surface area (Å²) in [6.07, 6.45) is 0. The number of nitrogens with one attached hydrogen (secondary N) is 2. The zero-order valence-corrected chi connectivity index (χ0v) is 24.9. The SMILES string of the molecule is CC1=C(C(=O)N2CCN(c3ccc(F)cc3)CC2)C(c2ccc(Cl)c(Cl)c2)n2nc(C(=O)NCc3ccccc3)cc2N1. The van der Waals surface area contributed by atoms with E-state index < -0.39 is 6.04 Å². The van der Waals surface area contributed by atoms with Crippen molar-refractivity contribution in [2.75, 3.05) is 36.4 Å². The first-order valence-corrected chi connectivity index (χ1v) is 14.7. The van der Waals surface area contributed by atoms with Gasteiger partial charge in [0.15, 0.2) is 5.69 Å². The largest absolute Gasteiger partial charge is 0.368 e. The molecule has 3 heterocycles. The van der Waals surface area contributed by atoms with Crippen LogP contribution in [-0.4, -0.2) is 52.7 Å². The second-order valence-corrected chi connectivity index (χ2v) is 11.3. The van der Waals surface area contributed by atoms with E-state index in [4.69, 9.17) is 23.2 Å². The van der Waals surface area contributed by atoms with Crippen LogP contribution in [0.15, 0.2) is 90.1 Å². The van der Waals surface area contributed by atoms with E-state index in [0.717, 1.165) is 11.3 Å². The summed E-state index contributed by atoms with van der Waals surface area (Å²) in [5.41, 5.74) is 3.97. The van der Waals surface area contributed by atoms with Gasteiger partial charge in [0.25, 0.3) is 11.8 Å². The number of benzene rings is 3. The van der Waals surface area contributed by atoms with Crippen LogP contribution in [0.3, 0.4) is 0 Å². The van der Waals surface area contributed by atoms with Crippen molar-refractivity contribution < 1.29 is 14.0 Å². The summed E-state index contributed by atoms with van der Waals surface area (Å²) < 4.78 is 15.1. The van der Waals surface area contributed by atoms with Crippen molar-refractivity contribution in [1.29, 1.82) is 0 Å². The van der Waals surface area contributed by atoms with Gasteiger partial charge >= 0.3 is 0 Å². The monoisotopic (exact) mass is 618 g/mol. The van der Waals surface area contributed by atoms with E-state index in [1.807, 2.05) is 48.2 Å². The van der Waals surface area contributed by atoms with Gasteiger partial charge in [0.05, 0.1) is 15.6 Å². The zero-order valence-electron chi connectivity index (χ0n) is 23.4. The summed E-state index contributed by atoms with van der Waals surface area (Å²) in [6, 6.07) is 22.3. The van der Waals surface area contributed by atoms with Crippen LogP contribution in [0.4, 0.5) is 15.9 Å². The first kappa shape index (κ1) is 28.8. The molecule has 1 unspecified atom stereocenters. The summed E-state index contributed by atoms with van der Waals surface area (Å²) in [5.74, 6) is -0.178. The van der Waals surface area contributed by atoms with Crippen molar-refractivity contribution in [2.24, 2.45) is 0 Å². The number of hydrogen-bond acceptors (Lipinski definition) is 5. The molecule has 6 rings (SSSR count). The highest BCUT2D eigenvalue weighted by Crippen LogP contribution is 2.39. The van der Waals surface area contributed by atoms with E-state index >= 15 is 0 Å². The first-order valence-electron chi connectivity index (χ1n) is 13.9. The van der Waals surface area contributed by atoms with Gasteiger partial charge in [0.1, 0.15) is 17.7 Å². The minimum atomic E-state index is -0.649. The third kappa shape index (κ3) is 5.96. The number of piperazine rings is 1. The number of rotatable bonds is 6. The molecule has 0 bridgehead atoms. The van der Waals surface area contributed by atoms with E-state index in [0.29, 0.717) is 65.4 Å². The van der Waals surface area contributed by atoms with E-state index in [9.17, 15) is 14.0 Å². The summed E-state index contributed by atoms with van der Waals surface area (Å²) >= 11 is 12.7. The van der Waals surface area contributed by atoms with Gasteiger partial charge in [-0.25, -0.2) is 9.07 Å². The van der Waals surface area contributed by atoms with Gasteiger partial charge in [-0.2, -0.15) is 5.10 Å². The molecule has 0 aliphatic carbocycles. The summed E-state index contributed by atoms with van der Waals surface area (Å²) in [4.78, 5) is 31.2. The zero-order chi connectivity index (χ0) is 30.1. The number of nitrogens with zero attached hydrogens (tertiary/aromatic N) is 4. The molecule has 2 aliphatic heterocycles. The summed E-state index contributed by atoms with van der Waals surface area (Å²) in [6.45, 7) is 4.38. The molecule has 1 saturated heterocycles.